The molecule has 3 N–H and O–H groups in total. The summed E-state index contributed by atoms with van der Waals surface area (Å²) in [6, 6.07) is 0.520. The molecule has 3 aliphatic heterocycles. The highest BCUT2D eigenvalue weighted by atomic mass is 32.1. The molecule has 17 heavy (non-hydrogen) atoms. The number of aromatic nitrogens is 1. The number of fused-ring (bicyclic) bond motifs is 3. The molecule has 94 valence electrons. The lowest BCUT2D eigenvalue weighted by molar-refractivity contribution is 0.0976. The topological polar surface area (TPSA) is 63.4 Å². The van der Waals surface area contributed by atoms with Gasteiger partial charge in [0.1, 0.15) is 0 Å². The van der Waals surface area contributed by atoms with Gasteiger partial charge >= 0.3 is 0 Å². The molecule has 3 aliphatic rings. The highest BCUT2D eigenvalue weighted by Gasteiger charge is 2.34. The molecule has 6 heteroatoms. The van der Waals surface area contributed by atoms with Gasteiger partial charge in [-0.3, -0.25) is 0 Å². The van der Waals surface area contributed by atoms with Gasteiger partial charge in [-0.15, -0.1) is 0 Å². The minimum absolute atomic E-state index is 0.487. The number of nitrogens with one attached hydrogen (secondary N) is 1. The van der Waals surface area contributed by atoms with Crippen molar-refractivity contribution in [1.82, 2.24) is 9.27 Å². The van der Waals surface area contributed by atoms with Crippen molar-refractivity contribution in [2.24, 2.45) is 5.92 Å². The number of nitrogens with zero attached hydrogens (tertiary/aromatic N) is 2. The zero-order chi connectivity index (χ0) is 11.8. The first-order valence-electron chi connectivity index (χ1n) is 6.06. The molecule has 4 rings (SSSR count). The van der Waals surface area contributed by atoms with Crippen LogP contribution in [-0.2, 0) is 0 Å². The zero-order valence-electron chi connectivity index (χ0n) is 9.98. The molecule has 1 unspecified atom stereocenters. The molecule has 2 bridgehead atoms. The lowest BCUT2D eigenvalue weighted by Crippen LogP contribution is -2.53. The third-order valence-electron chi connectivity index (χ3n) is 3.85. The van der Waals surface area contributed by atoms with Crippen LogP contribution in [0.25, 0.3) is 0 Å². The third kappa shape index (κ3) is 1.95. The highest BCUT2D eigenvalue weighted by molar-refractivity contribution is 7.11. The molecule has 1 atom stereocenters. The molecule has 1 aromatic rings. The van der Waals surface area contributed by atoms with Gasteiger partial charge < -0.3 is 20.7 Å². The van der Waals surface area contributed by atoms with Crippen LogP contribution in [0.2, 0.25) is 0 Å². The maximum Gasteiger partial charge on any atom is 0.197 e. The van der Waals surface area contributed by atoms with Crippen LogP contribution in [0.1, 0.15) is 12.8 Å². The quantitative estimate of drug-likeness (QED) is 0.849. The van der Waals surface area contributed by atoms with Crippen molar-refractivity contribution in [2.75, 3.05) is 37.8 Å². The van der Waals surface area contributed by atoms with Crippen molar-refractivity contribution in [3.63, 3.8) is 0 Å². The molecule has 5 nitrogen and oxygen atoms in total. The van der Waals surface area contributed by atoms with Gasteiger partial charge in [0, 0.05) is 12.6 Å². The second kappa shape index (κ2) is 4.34. The second-order valence-corrected chi connectivity index (χ2v) is 5.59. The summed E-state index contributed by atoms with van der Waals surface area (Å²) in [7, 11) is 1.64. The average Bonchev–Trinajstić information content (AvgIpc) is 2.71. The summed E-state index contributed by atoms with van der Waals surface area (Å²) in [5.74, 6) is 1.97. The van der Waals surface area contributed by atoms with Crippen molar-refractivity contribution in [3.8, 4) is 5.75 Å². The molecule has 0 saturated carbocycles. The lowest BCUT2D eigenvalue weighted by atomic mass is 9.84. The zero-order valence-corrected chi connectivity index (χ0v) is 10.8. The van der Waals surface area contributed by atoms with Crippen LogP contribution >= 0.6 is 11.5 Å². The van der Waals surface area contributed by atoms with Crippen molar-refractivity contribution in [1.29, 1.82) is 0 Å². The van der Waals surface area contributed by atoms with Gasteiger partial charge in [-0.2, -0.15) is 4.37 Å². The van der Waals surface area contributed by atoms with Crippen LogP contribution < -0.4 is 15.8 Å². The Balaban J connectivity index is 1.74. The number of nitrogen functional groups attached to an aromatic ring is 1. The predicted molar refractivity (Wildman–Crippen MR) is 69.7 cm³/mol. The van der Waals surface area contributed by atoms with Gasteiger partial charge in [-0.05, 0) is 43.4 Å². The first kappa shape index (κ1) is 11.1. The SMILES string of the molecule is COc1c(N)nsc1NC1CN2CCC1CC2. The number of methoxy groups -OCH3 is 1. The van der Waals surface area contributed by atoms with Crippen LogP contribution in [0.15, 0.2) is 0 Å². The number of anilines is 2. The van der Waals surface area contributed by atoms with Crippen molar-refractivity contribution >= 4 is 22.4 Å². The molecule has 3 saturated heterocycles. The maximum atomic E-state index is 5.76. The number of nitrogens with two attached hydrogens (primary N) is 1. The largest absolute Gasteiger partial charge is 0.490 e. The number of hydrogen-bond donors (Lipinski definition) is 2. The van der Waals surface area contributed by atoms with Crippen LogP contribution in [0.3, 0.4) is 0 Å². The number of hydrogen-bond acceptors (Lipinski definition) is 6. The van der Waals surface area contributed by atoms with Gasteiger partial charge in [0.2, 0.25) is 0 Å². The molecule has 0 aliphatic carbocycles. The fourth-order valence-corrected chi connectivity index (χ4v) is 3.63. The Labute approximate surface area is 105 Å². The summed E-state index contributed by atoms with van der Waals surface area (Å²) in [5.41, 5.74) is 5.76. The predicted octanol–water partition coefficient (Wildman–Crippen LogP) is 1.24. The average molecular weight is 254 g/mol. The van der Waals surface area contributed by atoms with Gasteiger partial charge in [0.25, 0.3) is 0 Å². The second-order valence-electron chi connectivity index (χ2n) is 4.82. The van der Waals surface area contributed by atoms with E-state index in [0.29, 0.717) is 17.6 Å². The number of rotatable bonds is 3. The lowest BCUT2D eigenvalue weighted by Gasteiger charge is -2.45. The standard InChI is InChI=1S/C11H18N4OS/c1-16-9-10(12)14-17-11(9)13-8-6-15-4-2-7(8)3-5-15/h7-8,13H,2-6H2,1H3,(H2,12,14). The molecule has 4 heterocycles. The minimum Gasteiger partial charge on any atom is -0.490 e. The molecule has 3 fully saturated rings. The summed E-state index contributed by atoms with van der Waals surface area (Å²) >= 11 is 1.39. The Morgan fingerprint density at radius 2 is 2.24 bits per heavy atom. The van der Waals surface area contributed by atoms with E-state index in [0.717, 1.165) is 17.5 Å². The Bertz CT molecular complexity index is 400. The van der Waals surface area contributed by atoms with E-state index in [1.54, 1.807) is 7.11 Å². The molecule has 0 aromatic carbocycles. The Kier molecular flexibility index (Phi) is 2.84. The Morgan fingerprint density at radius 1 is 1.47 bits per heavy atom. The maximum absolute atomic E-state index is 5.76. The molecular weight excluding hydrogens is 236 g/mol. The first-order valence-corrected chi connectivity index (χ1v) is 6.83. The van der Waals surface area contributed by atoms with E-state index in [-0.39, 0.29) is 0 Å². The summed E-state index contributed by atoms with van der Waals surface area (Å²) < 4.78 is 9.42. The van der Waals surface area contributed by atoms with Gasteiger partial charge in [-0.1, -0.05) is 0 Å². The van der Waals surface area contributed by atoms with E-state index in [2.05, 4.69) is 14.6 Å². The van der Waals surface area contributed by atoms with E-state index < -0.39 is 0 Å². The Hall–Kier alpha value is -1.01. The van der Waals surface area contributed by atoms with E-state index in [9.17, 15) is 0 Å². The van der Waals surface area contributed by atoms with Crippen LogP contribution in [0.4, 0.5) is 10.8 Å². The normalized spacial score (nSPS) is 31.5. The fraction of sp³-hybridized carbons (Fsp3) is 0.727. The van der Waals surface area contributed by atoms with Gasteiger partial charge in [0.15, 0.2) is 16.6 Å². The van der Waals surface area contributed by atoms with Crippen LogP contribution in [0.5, 0.6) is 5.75 Å². The number of piperidine rings is 3. The van der Waals surface area contributed by atoms with Crippen molar-refractivity contribution in [3.05, 3.63) is 0 Å². The van der Waals surface area contributed by atoms with Crippen LogP contribution in [-0.4, -0.2) is 42.1 Å². The van der Waals surface area contributed by atoms with Gasteiger partial charge in [-0.25, -0.2) is 0 Å². The molecule has 1 aromatic heterocycles. The monoisotopic (exact) mass is 254 g/mol. The first-order chi connectivity index (χ1) is 8.28. The van der Waals surface area contributed by atoms with Gasteiger partial charge in [0.05, 0.1) is 7.11 Å². The van der Waals surface area contributed by atoms with Crippen molar-refractivity contribution in [2.45, 2.75) is 18.9 Å². The van der Waals surface area contributed by atoms with Crippen molar-refractivity contribution < 1.29 is 4.74 Å². The minimum atomic E-state index is 0.487. The number of ether oxygens (including phenoxy) is 1. The summed E-state index contributed by atoms with van der Waals surface area (Å²) in [6.45, 7) is 3.64. The molecule has 0 spiro atoms. The van der Waals surface area contributed by atoms with E-state index >= 15 is 0 Å². The molecule has 0 radical (unpaired) electrons. The van der Waals surface area contributed by atoms with E-state index in [4.69, 9.17) is 10.5 Å². The Morgan fingerprint density at radius 3 is 2.82 bits per heavy atom. The highest BCUT2D eigenvalue weighted by Crippen LogP contribution is 2.38. The fourth-order valence-electron chi connectivity index (χ4n) is 2.88. The third-order valence-corrected chi connectivity index (χ3v) is 4.62. The molecular formula is C11H18N4OS. The van der Waals surface area contributed by atoms with E-state index in [1.165, 1.54) is 37.5 Å². The smallest absolute Gasteiger partial charge is 0.197 e. The summed E-state index contributed by atoms with van der Waals surface area (Å²) in [5, 5.41) is 4.54. The summed E-state index contributed by atoms with van der Waals surface area (Å²) in [4.78, 5) is 2.52. The summed E-state index contributed by atoms with van der Waals surface area (Å²) in [6.07, 6.45) is 2.60. The van der Waals surface area contributed by atoms with E-state index in [1.807, 2.05) is 0 Å². The van der Waals surface area contributed by atoms with Crippen LogP contribution in [0, 0.1) is 5.92 Å². The molecule has 0 amide bonds.